The highest BCUT2D eigenvalue weighted by Crippen LogP contribution is 2.46. The SMILES string of the molecule is O=C(NC(=S)NCC(F)(F)C(F)(F)C(F)(F)F)c1ccccc1. The summed E-state index contributed by atoms with van der Waals surface area (Å²) in [6, 6.07) is 7.27. The largest absolute Gasteiger partial charge is 0.459 e. The fraction of sp³-hybridized carbons (Fsp3) is 0.333. The Morgan fingerprint density at radius 2 is 1.52 bits per heavy atom. The van der Waals surface area contributed by atoms with Gasteiger partial charge in [-0.3, -0.25) is 10.1 Å². The van der Waals surface area contributed by atoms with Crippen LogP contribution in [0.3, 0.4) is 0 Å². The Labute approximate surface area is 130 Å². The lowest BCUT2D eigenvalue weighted by atomic mass is 10.1. The van der Waals surface area contributed by atoms with E-state index in [1.807, 2.05) is 5.32 Å². The van der Waals surface area contributed by atoms with Gasteiger partial charge in [-0.2, -0.15) is 30.7 Å². The predicted octanol–water partition coefficient (Wildman–Crippen LogP) is 3.12. The molecule has 0 fully saturated rings. The van der Waals surface area contributed by atoms with E-state index in [1.54, 1.807) is 6.07 Å². The summed E-state index contributed by atoms with van der Waals surface area (Å²) in [5.74, 6) is -12.5. The highest BCUT2D eigenvalue weighted by atomic mass is 32.1. The zero-order valence-electron chi connectivity index (χ0n) is 11.1. The van der Waals surface area contributed by atoms with Crippen molar-refractivity contribution in [3.8, 4) is 0 Å². The van der Waals surface area contributed by atoms with Gasteiger partial charge in [-0.25, -0.2) is 0 Å². The number of nitrogens with one attached hydrogen (secondary N) is 2. The quantitative estimate of drug-likeness (QED) is 0.639. The molecular formula is C12H9F7N2OS. The van der Waals surface area contributed by atoms with Crippen molar-refractivity contribution in [1.82, 2.24) is 10.6 Å². The van der Waals surface area contributed by atoms with Gasteiger partial charge in [0, 0.05) is 5.56 Å². The summed E-state index contributed by atoms with van der Waals surface area (Å²) in [5, 5.41) is 2.54. The minimum atomic E-state index is -6.42. The van der Waals surface area contributed by atoms with Gasteiger partial charge in [0.25, 0.3) is 5.91 Å². The highest BCUT2D eigenvalue weighted by molar-refractivity contribution is 7.80. The van der Waals surface area contributed by atoms with Crippen LogP contribution in [0.5, 0.6) is 0 Å². The van der Waals surface area contributed by atoms with Crippen LogP contribution in [-0.4, -0.2) is 35.6 Å². The zero-order chi connectivity index (χ0) is 17.9. The number of carbonyl (C=O) groups excluding carboxylic acids is 1. The fourth-order valence-electron chi connectivity index (χ4n) is 1.32. The first-order valence-corrected chi connectivity index (χ1v) is 6.26. The second-order valence-corrected chi connectivity index (χ2v) is 4.69. The summed E-state index contributed by atoms with van der Waals surface area (Å²) in [4.78, 5) is 11.6. The van der Waals surface area contributed by atoms with Gasteiger partial charge in [0.15, 0.2) is 5.11 Å². The number of alkyl halides is 7. The molecule has 1 amide bonds. The number of carbonyl (C=O) groups is 1. The molecule has 0 unspecified atom stereocenters. The molecule has 0 aliphatic carbocycles. The molecule has 0 bridgehead atoms. The normalized spacial score (nSPS) is 12.7. The smallest absolute Gasteiger partial charge is 0.356 e. The topological polar surface area (TPSA) is 41.1 Å². The van der Waals surface area contributed by atoms with E-state index in [-0.39, 0.29) is 5.56 Å². The molecule has 1 rings (SSSR count). The summed E-state index contributed by atoms with van der Waals surface area (Å²) in [7, 11) is 0. The molecule has 0 radical (unpaired) electrons. The van der Waals surface area contributed by atoms with E-state index in [2.05, 4.69) is 12.2 Å². The Kier molecular flexibility index (Phi) is 5.56. The Bertz CT molecular complexity index is 575. The average molecular weight is 362 g/mol. The van der Waals surface area contributed by atoms with E-state index >= 15 is 0 Å². The summed E-state index contributed by atoms with van der Waals surface area (Å²) >= 11 is 4.41. The molecule has 1 aromatic rings. The number of halogens is 7. The van der Waals surface area contributed by atoms with Crippen LogP contribution in [0.25, 0.3) is 0 Å². The number of rotatable bonds is 4. The number of amides is 1. The fourth-order valence-corrected chi connectivity index (χ4v) is 1.48. The lowest BCUT2D eigenvalue weighted by Gasteiger charge is -2.28. The predicted molar refractivity (Wildman–Crippen MR) is 70.5 cm³/mol. The van der Waals surface area contributed by atoms with E-state index in [4.69, 9.17) is 0 Å². The van der Waals surface area contributed by atoms with Crippen LogP contribution in [0.2, 0.25) is 0 Å². The molecule has 23 heavy (non-hydrogen) atoms. The van der Waals surface area contributed by atoms with Gasteiger partial charge < -0.3 is 5.32 Å². The molecular weight excluding hydrogens is 353 g/mol. The summed E-state index contributed by atoms with van der Waals surface area (Å²) in [6.07, 6.45) is -6.42. The first-order valence-electron chi connectivity index (χ1n) is 5.85. The first kappa shape index (κ1) is 19.1. The lowest BCUT2D eigenvalue weighted by molar-refractivity contribution is -0.352. The molecule has 128 valence electrons. The van der Waals surface area contributed by atoms with E-state index < -0.39 is 35.6 Å². The molecule has 3 nitrogen and oxygen atoms in total. The van der Waals surface area contributed by atoms with Gasteiger partial charge in [0.1, 0.15) is 0 Å². The molecule has 0 aromatic heterocycles. The molecule has 0 heterocycles. The van der Waals surface area contributed by atoms with E-state index in [9.17, 15) is 35.5 Å². The van der Waals surface area contributed by atoms with Gasteiger partial charge in [-0.15, -0.1) is 0 Å². The van der Waals surface area contributed by atoms with Crippen molar-refractivity contribution in [2.45, 2.75) is 18.0 Å². The van der Waals surface area contributed by atoms with Gasteiger partial charge >= 0.3 is 18.0 Å². The van der Waals surface area contributed by atoms with Crippen molar-refractivity contribution in [3.05, 3.63) is 35.9 Å². The van der Waals surface area contributed by atoms with E-state index in [1.165, 1.54) is 29.6 Å². The third-order valence-electron chi connectivity index (χ3n) is 2.55. The van der Waals surface area contributed by atoms with Gasteiger partial charge in [0.05, 0.1) is 6.54 Å². The van der Waals surface area contributed by atoms with E-state index in [0.717, 1.165) is 0 Å². The maximum absolute atomic E-state index is 13.0. The van der Waals surface area contributed by atoms with Crippen LogP contribution in [0, 0.1) is 0 Å². The minimum Gasteiger partial charge on any atom is -0.356 e. The lowest BCUT2D eigenvalue weighted by Crippen LogP contribution is -2.57. The Balaban J connectivity index is 2.64. The van der Waals surface area contributed by atoms with Crippen LogP contribution < -0.4 is 10.6 Å². The van der Waals surface area contributed by atoms with Gasteiger partial charge in [-0.1, -0.05) is 18.2 Å². The molecule has 2 N–H and O–H groups in total. The number of thiocarbonyl (C=S) groups is 1. The van der Waals surface area contributed by atoms with Crippen LogP contribution in [-0.2, 0) is 0 Å². The number of hydrogen-bond donors (Lipinski definition) is 2. The maximum Gasteiger partial charge on any atom is 0.459 e. The average Bonchev–Trinajstić information content (AvgIpc) is 2.44. The second kappa shape index (κ2) is 6.69. The molecule has 0 aliphatic heterocycles. The van der Waals surface area contributed by atoms with Crippen molar-refractivity contribution in [1.29, 1.82) is 0 Å². The van der Waals surface area contributed by atoms with Crippen molar-refractivity contribution in [2.75, 3.05) is 6.54 Å². The van der Waals surface area contributed by atoms with Crippen LogP contribution in [0.1, 0.15) is 10.4 Å². The minimum absolute atomic E-state index is 0.0871. The van der Waals surface area contributed by atoms with Gasteiger partial charge in [-0.05, 0) is 24.4 Å². The third-order valence-corrected chi connectivity index (χ3v) is 2.80. The molecule has 0 atom stereocenters. The molecule has 0 spiro atoms. The van der Waals surface area contributed by atoms with Crippen molar-refractivity contribution in [2.24, 2.45) is 0 Å². The zero-order valence-corrected chi connectivity index (χ0v) is 11.9. The molecule has 11 heteroatoms. The van der Waals surface area contributed by atoms with Crippen LogP contribution >= 0.6 is 12.2 Å². The van der Waals surface area contributed by atoms with Crippen molar-refractivity contribution >= 4 is 23.2 Å². The summed E-state index contributed by atoms with van der Waals surface area (Å²) in [6.45, 7) is -2.10. The summed E-state index contributed by atoms with van der Waals surface area (Å²) < 4.78 is 87.1. The third kappa shape index (κ3) is 4.53. The maximum atomic E-state index is 13.0. The number of hydrogen-bond acceptors (Lipinski definition) is 2. The summed E-state index contributed by atoms with van der Waals surface area (Å²) in [5.41, 5.74) is 0.0871. The van der Waals surface area contributed by atoms with Crippen molar-refractivity contribution in [3.63, 3.8) is 0 Å². The monoisotopic (exact) mass is 362 g/mol. The van der Waals surface area contributed by atoms with Crippen LogP contribution in [0.15, 0.2) is 30.3 Å². The van der Waals surface area contributed by atoms with Crippen molar-refractivity contribution < 1.29 is 35.5 Å². The van der Waals surface area contributed by atoms with Gasteiger partial charge in [0.2, 0.25) is 0 Å². The standard InChI is InChI=1S/C12H9F7N2OS/c13-10(14,11(15,16)12(17,18)19)6-20-9(23)21-8(22)7-4-2-1-3-5-7/h1-5H,6H2,(H2,20,21,22,23). The highest BCUT2D eigenvalue weighted by Gasteiger charge is 2.72. The number of benzene rings is 1. The van der Waals surface area contributed by atoms with Crippen LogP contribution in [0.4, 0.5) is 30.7 Å². The molecule has 0 saturated heterocycles. The van der Waals surface area contributed by atoms with E-state index in [0.29, 0.717) is 0 Å². The Morgan fingerprint density at radius 3 is 2.00 bits per heavy atom. The first-order chi connectivity index (χ1) is 10.4. The second-order valence-electron chi connectivity index (χ2n) is 4.28. The molecule has 1 aromatic carbocycles. The molecule has 0 aliphatic rings. The Hall–Kier alpha value is -1.91. The molecule has 0 saturated carbocycles. The Morgan fingerprint density at radius 1 is 1.00 bits per heavy atom.